The van der Waals surface area contributed by atoms with Gasteiger partial charge in [-0.25, -0.2) is 4.39 Å². The lowest BCUT2D eigenvalue weighted by Crippen LogP contribution is -2.43. The van der Waals surface area contributed by atoms with Crippen LogP contribution in [0.1, 0.15) is 25.8 Å². The summed E-state index contributed by atoms with van der Waals surface area (Å²) in [6, 6.07) is 6.80. The van der Waals surface area contributed by atoms with Crippen molar-refractivity contribution in [3.63, 3.8) is 0 Å². The average molecular weight is 238 g/mol. The van der Waals surface area contributed by atoms with Crippen molar-refractivity contribution < 1.29 is 4.39 Å². The summed E-state index contributed by atoms with van der Waals surface area (Å²) in [5, 5.41) is 0. The van der Waals surface area contributed by atoms with E-state index in [0.717, 1.165) is 24.9 Å². The average Bonchev–Trinajstić information content (AvgIpc) is 2.26. The quantitative estimate of drug-likeness (QED) is 0.824. The predicted molar refractivity (Wildman–Crippen MR) is 70.5 cm³/mol. The predicted octanol–water partition coefficient (Wildman–Crippen LogP) is 2.43. The van der Waals surface area contributed by atoms with Gasteiger partial charge in [-0.2, -0.15) is 0 Å². The Morgan fingerprint density at radius 1 is 1.35 bits per heavy atom. The van der Waals surface area contributed by atoms with Crippen molar-refractivity contribution in [2.24, 2.45) is 5.73 Å². The molecule has 1 aromatic carbocycles. The SMILES string of the molecule is CN(CCc1cccc(F)c1)C(C)(C)CCN. The molecule has 0 spiro atoms. The van der Waals surface area contributed by atoms with Crippen LogP contribution >= 0.6 is 0 Å². The van der Waals surface area contributed by atoms with E-state index in [0.29, 0.717) is 6.54 Å². The van der Waals surface area contributed by atoms with E-state index in [1.165, 1.54) is 6.07 Å². The summed E-state index contributed by atoms with van der Waals surface area (Å²) in [5.74, 6) is -0.161. The topological polar surface area (TPSA) is 29.3 Å². The molecule has 0 bridgehead atoms. The van der Waals surface area contributed by atoms with E-state index in [4.69, 9.17) is 5.73 Å². The Bertz CT molecular complexity index is 350. The Kier molecular flexibility index (Phi) is 5.09. The highest BCUT2D eigenvalue weighted by molar-refractivity contribution is 5.16. The Hall–Kier alpha value is -0.930. The zero-order chi connectivity index (χ0) is 12.9. The Balaban J connectivity index is 2.50. The molecule has 0 saturated carbocycles. The Morgan fingerprint density at radius 2 is 2.06 bits per heavy atom. The minimum Gasteiger partial charge on any atom is -0.330 e. The van der Waals surface area contributed by atoms with Gasteiger partial charge in [0.1, 0.15) is 5.82 Å². The lowest BCUT2D eigenvalue weighted by atomic mass is 9.98. The van der Waals surface area contributed by atoms with Crippen LogP contribution < -0.4 is 5.73 Å². The fourth-order valence-corrected chi connectivity index (χ4v) is 1.84. The molecule has 2 N–H and O–H groups in total. The van der Waals surface area contributed by atoms with Gasteiger partial charge < -0.3 is 10.6 Å². The van der Waals surface area contributed by atoms with Crippen LogP contribution in [0.15, 0.2) is 24.3 Å². The molecular formula is C14H23FN2. The Labute approximate surface area is 104 Å². The second-order valence-electron chi connectivity index (χ2n) is 5.15. The molecule has 0 amide bonds. The number of hydrogen-bond donors (Lipinski definition) is 1. The van der Waals surface area contributed by atoms with Gasteiger partial charge in [-0.1, -0.05) is 12.1 Å². The maximum absolute atomic E-state index is 13.0. The van der Waals surface area contributed by atoms with E-state index >= 15 is 0 Å². The van der Waals surface area contributed by atoms with Crippen LogP contribution in [0.3, 0.4) is 0 Å². The van der Waals surface area contributed by atoms with E-state index in [2.05, 4.69) is 25.8 Å². The first kappa shape index (κ1) is 14.1. The number of halogens is 1. The zero-order valence-corrected chi connectivity index (χ0v) is 11.0. The van der Waals surface area contributed by atoms with Crippen LogP contribution in [0.2, 0.25) is 0 Å². The van der Waals surface area contributed by atoms with Gasteiger partial charge >= 0.3 is 0 Å². The number of nitrogens with zero attached hydrogens (tertiary/aromatic N) is 1. The molecule has 1 rings (SSSR count). The van der Waals surface area contributed by atoms with Crippen molar-refractivity contribution in [3.05, 3.63) is 35.6 Å². The summed E-state index contributed by atoms with van der Waals surface area (Å²) in [5.41, 5.74) is 6.74. The third kappa shape index (κ3) is 4.44. The van der Waals surface area contributed by atoms with E-state index < -0.39 is 0 Å². The van der Waals surface area contributed by atoms with Gasteiger partial charge in [-0.05, 0) is 58.0 Å². The van der Waals surface area contributed by atoms with Gasteiger partial charge in [0.15, 0.2) is 0 Å². The summed E-state index contributed by atoms with van der Waals surface area (Å²) in [6.45, 7) is 5.98. The van der Waals surface area contributed by atoms with Crippen LogP contribution in [0.25, 0.3) is 0 Å². The molecule has 0 saturated heterocycles. The van der Waals surface area contributed by atoms with Gasteiger partial charge in [0.2, 0.25) is 0 Å². The van der Waals surface area contributed by atoms with Crippen LogP contribution in [0.5, 0.6) is 0 Å². The maximum atomic E-state index is 13.0. The van der Waals surface area contributed by atoms with Crippen LogP contribution in [-0.4, -0.2) is 30.6 Å². The summed E-state index contributed by atoms with van der Waals surface area (Å²) >= 11 is 0. The summed E-state index contributed by atoms with van der Waals surface area (Å²) in [6.07, 6.45) is 1.83. The highest BCUT2D eigenvalue weighted by Crippen LogP contribution is 2.16. The van der Waals surface area contributed by atoms with Crippen LogP contribution in [0.4, 0.5) is 4.39 Å². The fourth-order valence-electron chi connectivity index (χ4n) is 1.84. The van der Waals surface area contributed by atoms with Crippen molar-refractivity contribution in [2.75, 3.05) is 20.1 Å². The molecule has 96 valence electrons. The lowest BCUT2D eigenvalue weighted by Gasteiger charge is -2.35. The Morgan fingerprint density at radius 3 is 2.65 bits per heavy atom. The molecule has 17 heavy (non-hydrogen) atoms. The molecule has 0 fully saturated rings. The summed E-state index contributed by atoms with van der Waals surface area (Å²) < 4.78 is 13.0. The number of benzene rings is 1. The number of rotatable bonds is 6. The largest absolute Gasteiger partial charge is 0.330 e. The second kappa shape index (κ2) is 6.12. The minimum atomic E-state index is -0.161. The monoisotopic (exact) mass is 238 g/mol. The number of likely N-dealkylation sites (N-methyl/N-ethyl adjacent to an activating group) is 1. The van der Waals surface area contributed by atoms with Gasteiger partial charge in [0, 0.05) is 12.1 Å². The number of hydrogen-bond acceptors (Lipinski definition) is 2. The van der Waals surface area contributed by atoms with Crippen molar-refractivity contribution in [2.45, 2.75) is 32.2 Å². The minimum absolute atomic E-state index is 0.0993. The van der Waals surface area contributed by atoms with Gasteiger partial charge in [0.05, 0.1) is 0 Å². The lowest BCUT2D eigenvalue weighted by molar-refractivity contribution is 0.150. The highest BCUT2D eigenvalue weighted by atomic mass is 19.1. The van der Waals surface area contributed by atoms with Crippen molar-refractivity contribution in [3.8, 4) is 0 Å². The first-order valence-electron chi connectivity index (χ1n) is 6.11. The molecule has 1 aromatic rings. The third-order valence-corrected chi connectivity index (χ3v) is 3.41. The highest BCUT2D eigenvalue weighted by Gasteiger charge is 2.21. The molecule has 0 aromatic heterocycles. The van der Waals surface area contributed by atoms with E-state index in [1.54, 1.807) is 12.1 Å². The molecule has 0 aliphatic rings. The normalized spacial score (nSPS) is 12.1. The van der Waals surface area contributed by atoms with Crippen molar-refractivity contribution >= 4 is 0 Å². The smallest absolute Gasteiger partial charge is 0.123 e. The molecule has 2 nitrogen and oxygen atoms in total. The molecule has 0 unspecified atom stereocenters. The first-order valence-corrected chi connectivity index (χ1v) is 6.11. The van der Waals surface area contributed by atoms with E-state index in [1.807, 2.05) is 6.07 Å². The number of nitrogens with two attached hydrogens (primary N) is 1. The van der Waals surface area contributed by atoms with Crippen LogP contribution in [0, 0.1) is 5.82 Å². The summed E-state index contributed by atoms with van der Waals surface area (Å²) in [7, 11) is 2.09. The third-order valence-electron chi connectivity index (χ3n) is 3.41. The molecule has 0 radical (unpaired) electrons. The van der Waals surface area contributed by atoms with Gasteiger partial charge in [0.25, 0.3) is 0 Å². The van der Waals surface area contributed by atoms with E-state index in [9.17, 15) is 4.39 Å². The van der Waals surface area contributed by atoms with Crippen molar-refractivity contribution in [1.29, 1.82) is 0 Å². The summed E-state index contributed by atoms with van der Waals surface area (Å²) in [4.78, 5) is 2.28. The molecule has 0 heterocycles. The molecule has 3 heteroatoms. The van der Waals surface area contributed by atoms with Gasteiger partial charge in [-0.3, -0.25) is 0 Å². The second-order valence-corrected chi connectivity index (χ2v) is 5.15. The first-order chi connectivity index (χ1) is 7.95. The molecule has 0 aliphatic heterocycles. The fraction of sp³-hybridized carbons (Fsp3) is 0.571. The standard InChI is InChI=1S/C14H23FN2/c1-14(2,8-9-16)17(3)10-7-12-5-4-6-13(15)11-12/h4-6,11H,7-10,16H2,1-3H3. The zero-order valence-electron chi connectivity index (χ0n) is 11.0. The van der Waals surface area contributed by atoms with Gasteiger partial charge in [-0.15, -0.1) is 0 Å². The van der Waals surface area contributed by atoms with Crippen LogP contribution in [-0.2, 0) is 6.42 Å². The maximum Gasteiger partial charge on any atom is 0.123 e. The van der Waals surface area contributed by atoms with E-state index in [-0.39, 0.29) is 11.4 Å². The van der Waals surface area contributed by atoms with Crippen molar-refractivity contribution in [1.82, 2.24) is 4.90 Å². The molecule has 0 atom stereocenters. The molecule has 0 aliphatic carbocycles. The molecular weight excluding hydrogens is 215 g/mol.